The molecule has 0 aromatic heterocycles. The van der Waals surface area contributed by atoms with Gasteiger partial charge in [-0.1, -0.05) is 23.7 Å². The first-order valence-electron chi connectivity index (χ1n) is 9.78. The van der Waals surface area contributed by atoms with Crippen molar-refractivity contribution in [2.45, 2.75) is 47.6 Å². The largest absolute Gasteiger partial charge is 0.402 e. The lowest BCUT2D eigenvalue weighted by Crippen LogP contribution is -2.18. The van der Waals surface area contributed by atoms with Crippen molar-refractivity contribution < 1.29 is 0 Å². The molecule has 2 rings (SSSR count). The Morgan fingerprint density at radius 1 is 1.21 bits per heavy atom. The Labute approximate surface area is 179 Å². The van der Waals surface area contributed by atoms with Crippen molar-refractivity contribution in [1.82, 2.24) is 0 Å². The number of nitrogens with two attached hydrogens (primary N) is 1. The number of allylic oxidation sites excluding steroid dienone is 2. The molecular weight excluding hydrogens is 380 g/mol. The van der Waals surface area contributed by atoms with Crippen molar-refractivity contribution in [2.24, 2.45) is 10.7 Å². The lowest BCUT2D eigenvalue weighted by molar-refractivity contribution is 0.836. The molecule has 4 nitrogen and oxygen atoms in total. The van der Waals surface area contributed by atoms with E-state index in [1.54, 1.807) is 6.07 Å². The van der Waals surface area contributed by atoms with Crippen LogP contribution in [-0.4, -0.2) is 18.3 Å². The number of nitriles is 1. The van der Waals surface area contributed by atoms with Crippen molar-refractivity contribution in [1.29, 1.82) is 5.26 Å². The molecular formula is C24H29ClN4. The molecule has 0 bridgehead atoms. The van der Waals surface area contributed by atoms with E-state index in [-0.39, 0.29) is 6.04 Å². The quantitative estimate of drug-likeness (QED) is 0.575. The third kappa shape index (κ3) is 5.19. The Hall–Kier alpha value is -2.77. The van der Waals surface area contributed by atoms with Crippen LogP contribution < -0.4 is 10.6 Å². The van der Waals surface area contributed by atoms with Crippen molar-refractivity contribution in [3.05, 3.63) is 63.8 Å². The average molecular weight is 409 g/mol. The number of aliphatic imine (C=N–C) groups is 1. The molecule has 29 heavy (non-hydrogen) atoms. The lowest BCUT2D eigenvalue weighted by atomic mass is 9.97. The summed E-state index contributed by atoms with van der Waals surface area (Å²) in [6.45, 7) is 13.0. The van der Waals surface area contributed by atoms with Crippen LogP contribution >= 0.6 is 11.6 Å². The van der Waals surface area contributed by atoms with Crippen LogP contribution in [0.3, 0.4) is 0 Å². The van der Waals surface area contributed by atoms with Crippen LogP contribution in [-0.2, 0) is 0 Å². The fraction of sp³-hybridized carbons (Fsp3) is 0.333. The van der Waals surface area contributed by atoms with Gasteiger partial charge in [0.1, 0.15) is 6.07 Å². The van der Waals surface area contributed by atoms with Crippen LogP contribution in [0.1, 0.15) is 51.3 Å². The molecule has 5 heteroatoms. The molecule has 0 saturated carbocycles. The summed E-state index contributed by atoms with van der Waals surface area (Å²) < 4.78 is 0. The van der Waals surface area contributed by atoms with Crippen LogP contribution in [0.5, 0.6) is 0 Å². The summed E-state index contributed by atoms with van der Waals surface area (Å²) >= 11 is 6.28. The average Bonchev–Trinajstić information content (AvgIpc) is 2.64. The van der Waals surface area contributed by atoms with Gasteiger partial charge in [0.15, 0.2) is 0 Å². The van der Waals surface area contributed by atoms with Gasteiger partial charge < -0.3 is 10.6 Å². The Morgan fingerprint density at radius 2 is 1.90 bits per heavy atom. The van der Waals surface area contributed by atoms with E-state index in [2.05, 4.69) is 56.9 Å². The van der Waals surface area contributed by atoms with Crippen LogP contribution in [0.15, 0.2) is 47.1 Å². The van der Waals surface area contributed by atoms with Crippen LogP contribution in [0.4, 0.5) is 11.4 Å². The zero-order valence-electron chi connectivity index (χ0n) is 18.0. The Balaban J connectivity index is 2.61. The smallest absolute Gasteiger partial charge is 0.101 e. The molecule has 0 heterocycles. The summed E-state index contributed by atoms with van der Waals surface area (Å²) in [5.74, 6) is 0. The molecule has 2 aromatic carbocycles. The molecule has 152 valence electrons. The first kappa shape index (κ1) is 22.5. The summed E-state index contributed by atoms with van der Waals surface area (Å²) in [5, 5.41) is 9.61. The molecule has 0 spiro atoms. The molecule has 2 aromatic rings. The molecule has 0 amide bonds. The molecule has 0 aliphatic carbocycles. The Morgan fingerprint density at radius 3 is 2.41 bits per heavy atom. The third-order valence-corrected chi connectivity index (χ3v) is 5.01. The van der Waals surface area contributed by atoms with Gasteiger partial charge in [-0.15, -0.1) is 0 Å². The first-order valence-corrected chi connectivity index (χ1v) is 10.2. The van der Waals surface area contributed by atoms with E-state index in [1.165, 1.54) is 0 Å². The highest BCUT2D eigenvalue weighted by Crippen LogP contribution is 2.33. The highest BCUT2D eigenvalue weighted by Gasteiger charge is 2.16. The maximum Gasteiger partial charge on any atom is 0.101 e. The number of hydrogen-bond donors (Lipinski definition) is 1. The van der Waals surface area contributed by atoms with Crippen LogP contribution in [0.25, 0.3) is 5.57 Å². The number of anilines is 2. The fourth-order valence-electron chi connectivity index (χ4n) is 3.48. The van der Waals surface area contributed by atoms with Crippen molar-refractivity contribution in [3.63, 3.8) is 0 Å². The topological polar surface area (TPSA) is 65.4 Å². The lowest BCUT2D eigenvalue weighted by Gasteiger charge is -2.26. The second-order valence-corrected chi connectivity index (χ2v) is 7.79. The molecule has 0 aliphatic rings. The summed E-state index contributed by atoms with van der Waals surface area (Å²) in [4.78, 5) is 6.88. The maximum atomic E-state index is 9.15. The highest BCUT2D eigenvalue weighted by atomic mass is 35.5. The molecule has 2 N–H and O–H groups in total. The van der Waals surface area contributed by atoms with Gasteiger partial charge in [-0.3, -0.25) is 4.99 Å². The predicted molar refractivity (Wildman–Crippen MR) is 125 cm³/mol. The standard InChI is InChI=1S/C24H29ClN4/c1-7-29(21-11-10-20(14-26)22(25)13-21)23-12-19(9-8-16(23)4)24(17(5)27)18(6)28-15(2)3/h8-13,15H,7,27H2,1-6H3. The SMILES string of the molecule is CCN(c1ccc(C#N)c(Cl)c1)c1cc(C(C(C)=NC(C)C)=C(C)N)ccc1C. The van der Waals surface area contributed by atoms with Gasteiger partial charge in [0.25, 0.3) is 0 Å². The minimum atomic E-state index is 0.196. The van der Waals surface area contributed by atoms with Crippen LogP contribution in [0, 0.1) is 18.3 Å². The maximum absolute atomic E-state index is 9.15. The summed E-state index contributed by atoms with van der Waals surface area (Å²) in [6, 6.07) is 14.2. The molecule has 0 aliphatic heterocycles. The van der Waals surface area contributed by atoms with Gasteiger partial charge in [-0.25, -0.2) is 0 Å². The monoisotopic (exact) mass is 408 g/mol. The Bertz CT molecular complexity index is 992. The van der Waals surface area contributed by atoms with Gasteiger partial charge in [-0.2, -0.15) is 5.26 Å². The molecule has 0 unspecified atom stereocenters. The normalized spacial score (nSPS) is 12.6. The fourth-order valence-corrected chi connectivity index (χ4v) is 3.70. The van der Waals surface area contributed by atoms with Crippen LogP contribution in [0.2, 0.25) is 5.02 Å². The Kier molecular flexibility index (Phi) is 7.47. The second-order valence-electron chi connectivity index (χ2n) is 7.39. The third-order valence-electron chi connectivity index (χ3n) is 4.70. The van der Waals surface area contributed by atoms with E-state index in [1.807, 2.05) is 26.0 Å². The van der Waals surface area contributed by atoms with Crippen molar-refractivity contribution in [2.75, 3.05) is 11.4 Å². The number of hydrogen-bond acceptors (Lipinski definition) is 4. The van der Waals surface area contributed by atoms with E-state index in [9.17, 15) is 0 Å². The number of nitrogens with zero attached hydrogens (tertiary/aromatic N) is 3. The van der Waals surface area contributed by atoms with E-state index in [0.717, 1.165) is 46.0 Å². The first-order chi connectivity index (χ1) is 13.7. The van der Waals surface area contributed by atoms with Gasteiger partial charge in [0.2, 0.25) is 0 Å². The van der Waals surface area contributed by atoms with Crippen molar-refractivity contribution >= 4 is 34.3 Å². The zero-order chi connectivity index (χ0) is 21.7. The molecule has 0 radical (unpaired) electrons. The van der Waals surface area contributed by atoms with E-state index in [0.29, 0.717) is 10.6 Å². The highest BCUT2D eigenvalue weighted by molar-refractivity contribution is 6.32. The molecule has 0 saturated heterocycles. The van der Waals surface area contributed by atoms with Crippen molar-refractivity contribution in [3.8, 4) is 6.07 Å². The molecule has 0 atom stereocenters. The number of rotatable bonds is 6. The summed E-state index contributed by atoms with van der Waals surface area (Å²) in [6.07, 6.45) is 0. The van der Waals surface area contributed by atoms with E-state index < -0.39 is 0 Å². The summed E-state index contributed by atoms with van der Waals surface area (Å²) in [7, 11) is 0. The number of benzene rings is 2. The zero-order valence-corrected chi connectivity index (χ0v) is 18.8. The van der Waals surface area contributed by atoms with Gasteiger partial charge in [0, 0.05) is 40.9 Å². The summed E-state index contributed by atoms with van der Waals surface area (Å²) in [5.41, 5.74) is 13.5. The number of aryl methyl sites for hydroxylation is 1. The van der Waals surface area contributed by atoms with Gasteiger partial charge >= 0.3 is 0 Å². The van der Waals surface area contributed by atoms with Gasteiger partial charge in [0.05, 0.1) is 10.6 Å². The van der Waals surface area contributed by atoms with E-state index >= 15 is 0 Å². The minimum Gasteiger partial charge on any atom is -0.402 e. The van der Waals surface area contributed by atoms with E-state index in [4.69, 9.17) is 27.6 Å². The minimum absolute atomic E-state index is 0.196. The second kappa shape index (κ2) is 9.62. The molecule has 0 fully saturated rings. The van der Waals surface area contributed by atoms with Gasteiger partial charge in [-0.05, 0) is 76.9 Å². The number of halogens is 1. The predicted octanol–water partition coefficient (Wildman–Crippen LogP) is 6.24.